The van der Waals surface area contributed by atoms with Crippen molar-refractivity contribution in [1.29, 1.82) is 0 Å². The van der Waals surface area contributed by atoms with E-state index in [-0.39, 0.29) is 4.83 Å². The predicted molar refractivity (Wildman–Crippen MR) is 74.8 cm³/mol. The highest BCUT2D eigenvalue weighted by Gasteiger charge is 2.16. The van der Waals surface area contributed by atoms with Gasteiger partial charge in [0, 0.05) is 12.0 Å². The summed E-state index contributed by atoms with van der Waals surface area (Å²) in [6, 6.07) is 8.63. The molecule has 0 saturated heterocycles. The van der Waals surface area contributed by atoms with Gasteiger partial charge in [-0.15, -0.1) is 0 Å². The van der Waals surface area contributed by atoms with Crippen molar-refractivity contribution in [1.82, 2.24) is 0 Å². The zero-order chi connectivity index (χ0) is 12.4. The Morgan fingerprint density at radius 2 is 1.94 bits per heavy atom. The fourth-order valence-electron chi connectivity index (χ4n) is 1.97. The minimum atomic E-state index is 0.218. The van der Waals surface area contributed by atoms with E-state index in [4.69, 9.17) is 4.42 Å². The molecule has 1 aromatic carbocycles. The van der Waals surface area contributed by atoms with E-state index in [0.717, 1.165) is 12.2 Å². The van der Waals surface area contributed by atoms with Crippen LogP contribution in [0.3, 0.4) is 0 Å². The van der Waals surface area contributed by atoms with E-state index in [1.165, 1.54) is 22.3 Å². The van der Waals surface area contributed by atoms with Crippen molar-refractivity contribution < 1.29 is 4.42 Å². The number of benzene rings is 1. The van der Waals surface area contributed by atoms with Gasteiger partial charge in [-0.05, 0) is 36.6 Å². The molecule has 2 rings (SSSR count). The lowest BCUT2D eigenvalue weighted by Crippen LogP contribution is -1.96. The zero-order valence-electron chi connectivity index (χ0n) is 10.5. The first-order valence-electron chi connectivity index (χ1n) is 5.91. The van der Waals surface area contributed by atoms with E-state index in [1.807, 2.05) is 6.07 Å². The molecule has 1 atom stereocenters. The molecule has 90 valence electrons. The molecule has 1 nitrogen and oxygen atoms in total. The number of furan rings is 1. The van der Waals surface area contributed by atoms with Gasteiger partial charge in [-0.3, -0.25) is 0 Å². The Bertz CT molecular complexity index is 513. The lowest BCUT2D eigenvalue weighted by molar-refractivity contribution is 0.512. The second kappa shape index (κ2) is 5.09. The van der Waals surface area contributed by atoms with Crippen LogP contribution >= 0.6 is 15.9 Å². The minimum absolute atomic E-state index is 0.218. The molecule has 0 N–H and O–H groups in total. The van der Waals surface area contributed by atoms with Crippen LogP contribution in [0.2, 0.25) is 0 Å². The molecule has 0 aliphatic carbocycles. The highest BCUT2D eigenvalue weighted by Crippen LogP contribution is 2.34. The van der Waals surface area contributed by atoms with E-state index in [9.17, 15) is 0 Å². The first kappa shape index (κ1) is 12.4. The van der Waals surface area contributed by atoms with Gasteiger partial charge in [-0.2, -0.15) is 0 Å². The van der Waals surface area contributed by atoms with E-state index < -0.39 is 0 Å². The van der Waals surface area contributed by atoms with Crippen LogP contribution in [0.15, 0.2) is 34.9 Å². The average Bonchev–Trinajstić information content (AvgIpc) is 2.80. The Balaban J connectivity index is 2.36. The summed E-state index contributed by atoms with van der Waals surface area (Å²) in [5.41, 5.74) is 5.17. The Morgan fingerprint density at radius 3 is 2.59 bits per heavy atom. The van der Waals surface area contributed by atoms with Gasteiger partial charge in [0.2, 0.25) is 0 Å². The molecule has 0 saturated carbocycles. The fourth-order valence-corrected chi connectivity index (χ4v) is 2.66. The topological polar surface area (TPSA) is 13.1 Å². The lowest BCUT2D eigenvalue weighted by Gasteiger charge is -2.12. The third kappa shape index (κ3) is 2.47. The molecule has 17 heavy (non-hydrogen) atoms. The van der Waals surface area contributed by atoms with Gasteiger partial charge in [0.1, 0.15) is 5.76 Å². The van der Waals surface area contributed by atoms with E-state index in [0.29, 0.717) is 0 Å². The van der Waals surface area contributed by atoms with E-state index in [2.05, 4.69) is 54.9 Å². The lowest BCUT2D eigenvalue weighted by atomic mass is 10.0. The second-order valence-electron chi connectivity index (χ2n) is 4.36. The minimum Gasteiger partial charge on any atom is -0.469 e. The molecule has 0 bridgehead atoms. The molecule has 0 radical (unpaired) electrons. The van der Waals surface area contributed by atoms with Gasteiger partial charge in [-0.1, -0.05) is 41.1 Å². The maximum atomic E-state index is 5.48. The third-order valence-electron chi connectivity index (χ3n) is 3.20. The normalized spacial score (nSPS) is 12.7. The smallest absolute Gasteiger partial charge is 0.108 e. The highest BCUT2D eigenvalue weighted by atomic mass is 79.9. The summed E-state index contributed by atoms with van der Waals surface area (Å²) < 4.78 is 5.48. The van der Waals surface area contributed by atoms with Crippen molar-refractivity contribution >= 4 is 15.9 Å². The van der Waals surface area contributed by atoms with Crippen LogP contribution in [0, 0.1) is 13.8 Å². The Kier molecular flexibility index (Phi) is 3.72. The predicted octanol–water partition coefficient (Wildman–Crippen LogP) is 4.94. The van der Waals surface area contributed by atoms with E-state index >= 15 is 0 Å². The Hall–Kier alpha value is -1.02. The number of hydrogen-bond donors (Lipinski definition) is 0. The molecule has 1 unspecified atom stereocenters. The molecule has 0 amide bonds. The van der Waals surface area contributed by atoms with Crippen LogP contribution in [0.4, 0.5) is 0 Å². The molecular weight excluding hydrogens is 276 g/mol. The average molecular weight is 293 g/mol. The second-order valence-corrected chi connectivity index (χ2v) is 5.27. The van der Waals surface area contributed by atoms with Crippen molar-refractivity contribution in [3.8, 4) is 0 Å². The number of alkyl halides is 1. The summed E-state index contributed by atoms with van der Waals surface area (Å²) >= 11 is 3.76. The van der Waals surface area contributed by atoms with Gasteiger partial charge >= 0.3 is 0 Å². The van der Waals surface area contributed by atoms with Crippen molar-refractivity contribution in [2.24, 2.45) is 0 Å². The first-order valence-corrected chi connectivity index (χ1v) is 6.82. The number of aryl methyl sites for hydroxylation is 3. The summed E-state index contributed by atoms with van der Waals surface area (Å²) in [5, 5.41) is 0. The molecule has 2 aromatic rings. The third-order valence-corrected chi connectivity index (χ3v) is 4.22. The van der Waals surface area contributed by atoms with Crippen molar-refractivity contribution in [2.45, 2.75) is 32.0 Å². The van der Waals surface area contributed by atoms with Gasteiger partial charge in [0.15, 0.2) is 0 Å². The molecule has 1 aromatic heterocycles. The quantitative estimate of drug-likeness (QED) is 0.730. The van der Waals surface area contributed by atoms with Gasteiger partial charge < -0.3 is 4.42 Å². The van der Waals surface area contributed by atoms with Gasteiger partial charge in [-0.25, -0.2) is 0 Å². The van der Waals surface area contributed by atoms with Crippen molar-refractivity contribution in [3.05, 3.63) is 58.5 Å². The fraction of sp³-hybridized carbons (Fsp3) is 0.333. The number of hydrogen-bond acceptors (Lipinski definition) is 1. The number of halogens is 1. The zero-order valence-corrected chi connectivity index (χ0v) is 12.0. The van der Waals surface area contributed by atoms with Crippen molar-refractivity contribution in [2.75, 3.05) is 0 Å². The molecule has 0 spiro atoms. The van der Waals surface area contributed by atoms with Crippen LogP contribution in [0.25, 0.3) is 0 Å². The van der Waals surface area contributed by atoms with Crippen LogP contribution in [-0.4, -0.2) is 0 Å². The standard InChI is InChI=1S/C15H17BrO/c1-4-14-13(7-8-17-14)15(16)12-6-5-10(2)11(3)9-12/h5-9,15H,4H2,1-3H3. The van der Waals surface area contributed by atoms with Crippen molar-refractivity contribution in [3.63, 3.8) is 0 Å². The Morgan fingerprint density at radius 1 is 1.18 bits per heavy atom. The summed E-state index contributed by atoms with van der Waals surface area (Å²) in [6.45, 7) is 6.40. The van der Waals surface area contributed by atoms with Crippen LogP contribution in [-0.2, 0) is 6.42 Å². The molecule has 0 fully saturated rings. The maximum absolute atomic E-state index is 5.48. The maximum Gasteiger partial charge on any atom is 0.108 e. The first-order chi connectivity index (χ1) is 8.13. The largest absolute Gasteiger partial charge is 0.469 e. The van der Waals surface area contributed by atoms with Gasteiger partial charge in [0.25, 0.3) is 0 Å². The monoisotopic (exact) mass is 292 g/mol. The molecule has 0 aliphatic heterocycles. The summed E-state index contributed by atoms with van der Waals surface area (Å²) in [7, 11) is 0. The van der Waals surface area contributed by atoms with Crippen LogP contribution in [0.1, 0.15) is 39.8 Å². The van der Waals surface area contributed by atoms with Gasteiger partial charge in [0.05, 0.1) is 11.1 Å². The summed E-state index contributed by atoms with van der Waals surface area (Å²) in [6.07, 6.45) is 2.69. The molecule has 1 heterocycles. The van der Waals surface area contributed by atoms with Crippen LogP contribution in [0.5, 0.6) is 0 Å². The van der Waals surface area contributed by atoms with Crippen LogP contribution < -0.4 is 0 Å². The molecule has 2 heteroatoms. The highest BCUT2D eigenvalue weighted by molar-refractivity contribution is 9.09. The summed E-state index contributed by atoms with van der Waals surface area (Å²) in [5.74, 6) is 1.06. The SMILES string of the molecule is CCc1occc1C(Br)c1ccc(C)c(C)c1. The molecule has 0 aliphatic rings. The Labute approximate surface area is 111 Å². The number of rotatable bonds is 3. The summed E-state index contributed by atoms with van der Waals surface area (Å²) in [4.78, 5) is 0.218. The van der Waals surface area contributed by atoms with E-state index in [1.54, 1.807) is 6.26 Å². The molecular formula is C15H17BrO.